The summed E-state index contributed by atoms with van der Waals surface area (Å²) in [5.74, 6) is -0.224. The molecular formula is C22H23N3O. The molecule has 1 heterocycles. The molecule has 132 valence electrons. The minimum Gasteiger partial charge on any atom is -0.319 e. The zero-order valence-corrected chi connectivity index (χ0v) is 15.6. The van der Waals surface area contributed by atoms with Crippen LogP contribution in [0.5, 0.6) is 0 Å². The second-order valence-corrected chi connectivity index (χ2v) is 6.56. The molecule has 4 heteroatoms. The van der Waals surface area contributed by atoms with Crippen LogP contribution >= 0.6 is 0 Å². The summed E-state index contributed by atoms with van der Waals surface area (Å²) in [7, 11) is 0. The molecule has 4 nitrogen and oxygen atoms in total. The average Bonchev–Trinajstić information content (AvgIpc) is 2.95. The molecule has 0 spiro atoms. The minimum atomic E-state index is -0.224. The van der Waals surface area contributed by atoms with E-state index in [2.05, 4.69) is 54.1 Å². The maximum absolute atomic E-state index is 12.3. The van der Waals surface area contributed by atoms with Gasteiger partial charge in [-0.2, -0.15) is 5.10 Å². The van der Waals surface area contributed by atoms with E-state index in [1.165, 1.54) is 5.56 Å². The number of hydrazone groups is 1. The summed E-state index contributed by atoms with van der Waals surface area (Å²) in [5.41, 5.74) is 9.86. The van der Waals surface area contributed by atoms with Gasteiger partial charge in [0.1, 0.15) is 0 Å². The van der Waals surface area contributed by atoms with Gasteiger partial charge in [-0.05, 0) is 75.2 Å². The van der Waals surface area contributed by atoms with Crippen LogP contribution in [0.2, 0.25) is 0 Å². The molecule has 26 heavy (non-hydrogen) atoms. The van der Waals surface area contributed by atoms with E-state index >= 15 is 0 Å². The van der Waals surface area contributed by atoms with E-state index < -0.39 is 0 Å². The van der Waals surface area contributed by atoms with E-state index in [1.807, 2.05) is 43.3 Å². The molecule has 0 aliphatic carbocycles. The predicted octanol–water partition coefficient (Wildman–Crippen LogP) is 4.47. The van der Waals surface area contributed by atoms with Gasteiger partial charge in [-0.25, -0.2) is 5.43 Å². The first kappa shape index (κ1) is 17.7. The van der Waals surface area contributed by atoms with Crippen molar-refractivity contribution in [1.82, 2.24) is 9.99 Å². The first-order valence-electron chi connectivity index (χ1n) is 8.62. The molecule has 0 atom stereocenters. The Hall–Kier alpha value is -3.14. The highest BCUT2D eigenvalue weighted by molar-refractivity contribution is 5.95. The van der Waals surface area contributed by atoms with Gasteiger partial charge in [0, 0.05) is 22.6 Å². The van der Waals surface area contributed by atoms with E-state index in [1.54, 1.807) is 6.21 Å². The van der Waals surface area contributed by atoms with Crippen molar-refractivity contribution in [2.24, 2.45) is 5.10 Å². The fourth-order valence-electron chi connectivity index (χ4n) is 3.03. The van der Waals surface area contributed by atoms with E-state index in [9.17, 15) is 4.79 Å². The van der Waals surface area contributed by atoms with Crippen LogP contribution in [-0.4, -0.2) is 16.7 Å². The van der Waals surface area contributed by atoms with Crippen LogP contribution in [0, 0.1) is 27.7 Å². The van der Waals surface area contributed by atoms with Gasteiger partial charge >= 0.3 is 0 Å². The summed E-state index contributed by atoms with van der Waals surface area (Å²) in [5, 5.41) is 4.08. The largest absolute Gasteiger partial charge is 0.319 e. The Bertz CT molecular complexity index is 946. The molecule has 0 bridgehead atoms. The van der Waals surface area contributed by atoms with E-state index in [0.29, 0.717) is 5.56 Å². The van der Waals surface area contributed by atoms with Crippen molar-refractivity contribution < 1.29 is 4.79 Å². The number of aromatic nitrogens is 1. The number of aryl methyl sites for hydroxylation is 4. The Balaban J connectivity index is 1.69. The molecule has 3 rings (SSSR count). The van der Waals surface area contributed by atoms with E-state index in [-0.39, 0.29) is 5.91 Å². The van der Waals surface area contributed by atoms with Crippen molar-refractivity contribution in [2.75, 3.05) is 0 Å². The van der Waals surface area contributed by atoms with Crippen molar-refractivity contribution in [1.29, 1.82) is 0 Å². The fourth-order valence-corrected chi connectivity index (χ4v) is 3.03. The number of nitrogens with one attached hydrogen (secondary N) is 1. The maximum atomic E-state index is 12.3. The summed E-state index contributed by atoms with van der Waals surface area (Å²) in [6.07, 6.45) is 1.67. The lowest BCUT2D eigenvalue weighted by atomic mass is 10.1. The SMILES string of the molecule is Cc1ccc(/C=N/NC(=O)c2ccc(-n3c(C)ccc3C)cc2)c(C)c1. The quantitative estimate of drug-likeness (QED) is 0.550. The molecule has 0 saturated carbocycles. The number of benzene rings is 2. The first-order valence-corrected chi connectivity index (χ1v) is 8.62. The van der Waals surface area contributed by atoms with E-state index in [4.69, 9.17) is 0 Å². The highest BCUT2D eigenvalue weighted by Crippen LogP contribution is 2.17. The zero-order valence-electron chi connectivity index (χ0n) is 15.6. The third-order valence-corrected chi connectivity index (χ3v) is 4.45. The molecule has 0 unspecified atom stereocenters. The summed E-state index contributed by atoms with van der Waals surface area (Å²) >= 11 is 0. The third kappa shape index (κ3) is 3.75. The number of carbonyl (C=O) groups is 1. The predicted molar refractivity (Wildman–Crippen MR) is 106 cm³/mol. The Kier molecular flexibility index (Phi) is 5.03. The average molecular weight is 345 g/mol. The zero-order chi connectivity index (χ0) is 18.7. The topological polar surface area (TPSA) is 46.4 Å². The lowest BCUT2D eigenvalue weighted by Crippen LogP contribution is -2.17. The fraction of sp³-hybridized carbons (Fsp3) is 0.182. The summed E-state index contributed by atoms with van der Waals surface area (Å²) in [4.78, 5) is 12.3. The molecule has 3 aromatic rings. The van der Waals surface area contributed by atoms with Crippen LogP contribution in [0.15, 0.2) is 59.7 Å². The molecule has 0 aliphatic rings. The number of hydrogen-bond donors (Lipinski definition) is 1. The van der Waals surface area contributed by atoms with Crippen molar-refractivity contribution in [3.05, 3.63) is 88.2 Å². The Morgan fingerprint density at radius 3 is 2.19 bits per heavy atom. The van der Waals surface area contributed by atoms with Crippen LogP contribution in [0.4, 0.5) is 0 Å². The molecule has 0 aliphatic heterocycles. The van der Waals surface area contributed by atoms with E-state index in [0.717, 1.165) is 28.2 Å². The van der Waals surface area contributed by atoms with Crippen molar-refractivity contribution in [2.45, 2.75) is 27.7 Å². The number of rotatable bonds is 4. The molecule has 0 saturated heterocycles. The number of nitrogens with zero attached hydrogens (tertiary/aromatic N) is 2. The lowest BCUT2D eigenvalue weighted by Gasteiger charge is -2.10. The maximum Gasteiger partial charge on any atom is 0.271 e. The second-order valence-electron chi connectivity index (χ2n) is 6.56. The van der Waals surface area contributed by atoms with Gasteiger partial charge in [0.25, 0.3) is 5.91 Å². The van der Waals surface area contributed by atoms with Crippen molar-refractivity contribution in [3.63, 3.8) is 0 Å². The Morgan fingerprint density at radius 1 is 0.923 bits per heavy atom. The van der Waals surface area contributed by atoms with Crippen molar-refractivity contribution in [3.8, 4) is 5.69 Å². The minimum absolute atomic E-state index is 0.224. The number of amides is 1. The standard InChI is InChI=1S/C22H23N3O/c1-15-5-8-20(16(2)13-15)14-23-24-22(26)19-9-11-21(12-10-19)25-17(3)6-7-18(25)4/h5-14H,1-4H3,(H,24,26)/b23-14+. The first-order chi connectivity index (χ1) is 12.5. The molecule has 0 radical (unpaired) electrons. The molecule has 1 N–H and O–H groups in total. The third-order valence-electron chi connectivity index (χ3n) is 4.45. The molecule has 1 amide bonds. The highest BCUT2D eigenvalue weighted by Gasteiger charge is 2.07. The van der Waals surface area contributed by atoms with Crippen LogP contribution in [0.25, 0.3) is 5.69 Å². The van der Waals surface area contributed by atoms with Gasteiger partial charge in [0.15, 0.2) is 0 Å². The van der Waals surface area contributed by atoms with Gasteiger partial charge in [-0.3, -0.25) is 4.79 Å². The Labute approximate surface area is 154 Å². The van der Waals surface area contributed by atoms with Crippen LogP contribution in [0.1, 0.15) is 38.4 Å². The van der Waals surface area contributed by atoms with Crippen LogP contribution < -0.4 is 5.43 Å². The summed E-state index contributed by atoms with van der Waals surface area (Å²) < 4.78 is 2.15. The summed E-state index contributed by atoms with van der Waals surface area (Å²) in [6, 6.07) is 17.8. The second kappa shape index (κ2) is 7.40. The van der Waals surface area contributed by atoms with Gasteiger partial charge < -0.3 is 4.57 Å². The van der Waals surface area contributed by atoms with Crippen LogP contribution in [-0.2, 0) is 0 Å². The number of hydrogen-bond acceptors (Lipinski definition) is 2. The molecular weight excluding hydrogens is 322 g/mol. The molecule has 2 aromatic carbocycles. The van der Waals surface area contributed by atoms with Crippen molar-refractivity contribution >= 4 is 12.1 Å². The normalized spacial score (nSPS) is 11.1. The van der Waals surface area contributed by atoms with Gasteiger partial charge in [0.2, 0.25) is 0 Å². The van der Waals surface area contributed by atoms with Gasteiger partial charge in [-0.15, -0.1) is 0 Å². The Morgan fingerprint density at radius 2 is 1.58 bits per heavy atom. The molecule has 1 aromatic heterocycles. The lowest BCUT2D eigenvalue weighted by molar-refractivity contribution is 0.0955. The highest BCUT2D eigenvalue weighted by atomic mass is 16.2. The monoisotopic (exact) mass is 345 g/mol. The smallest absolute Gasteiger partial charge is 0.271 e. The van der Waals surface area contributed by atoms with Gasteiger partial charge in [0.05, 0.1) is 6.21 Å². The van der Waals surface area contributed by atoms with Crippen LogP contribution in [0.3, 0.4) is 0 Å². The number of carbonyl (C=O) groups excluding carboxylic acids is 1. The molecule has 0 fully saturated rings. The van der Waals surface area contributed by atoms with Gasteiger partial charge in [-0.1, -0.05) is 23.8 Å². The summed E-state index contributed by atoms with van der Waals surface area (Å²) in [6.45, 7) is 8.21.